The zero-order chi connectivity index (χ0) is 25.2. The van der Waals surface area contributed by atoms with Gasteiger partial charge in [-0.15, -0.1) is 5.10 Å². The molecule has 3 rings (SSSR count). The highest BCUT2D eigenvalue weighted by molar-refractivity contribution is 5.89. The van der Waals surface area contributed by atoms with Crippen molar-refractivity contribution in [3.05, 3.63) is 54.1 Å². The molecule has 0 saturated heterocycles. The van der Waals surface area contributed by atoms with Gasteiger partial charge in [-0.25, -0.2) is 4.68 Å². The van der Waals surface area contributed by atoms with Crippen LogP contribution in [0.3, 0.4) is 0 Å². The van der Waals surface area contributed by atoms with Crippen molar-refractivity contribution >= 4 is 22.8 Å². The van der Waals surface area contributed by atoms with E-state index >= 15 is 0 Å². The van der Waals surface area contributed by atoms with E-state index in [1.165, 1.54) is 0 Å². The molecule has 35 heavy (non-hydrogen) atoms. The molecule has 0 fully saturated rings. The Labute approximate surface area is 206 Å². The maximum absolute atomic E-state index is 13.7. The van der Waals surface area contributed by atoms with Gasteiger partial charge in [-0.1, -0.05) is 43.3 Å². The summed E-state index contributed by atoms with van der Waals surface area (Å²) in [6.45, 7) is 7.80. The van der Waals surface area contributed by atoms with Crippen molar-refractivity contribution in [1.29, 1.82) is 0 Å². The number of hydrogen-bond donors (Lipinski definition) is 1. The molecular weight excluding hydrogens is 446 g/mol. The lowest BCUT2D eigenvalue weighted by Crippen LogP contribution is -2.46. The molecule has 0 saturated carbocycles. The SMILES string of the molecule is CCOc1ccc([C@@H](C(=O)NCCOC)N(CCC(C)C)C(=O)Cn2nnc3ccccc32)cc1. The fraction of sp³-hybridized carbons (Fsp3) is 0.462. The van der Waals surface area contributed by atoms with Crippen LogP contribution < -0.4 is 10.1 Å². The summed E-state index contributed by atoms with van der Waals surface area (Å²) in [5, 5.41) is 11.2. The Morgan fingerprint density at radius 3 is 2.54 bits per heavy atom. The minimum absolute atomic E-state index is 0.0164. The van der Waals surface area contributed by atoms with Gasteiger partial charge in [-0.3, -0.25) is 9.59 Å². The Hall–Kier alpha value is -3.46. The number of nitrogens with zero attached hydrogens (tertiary/aromatic N) is 4. The van der Waals surface area contributed by atoms with Crippen LogP contribution in [-0.4, -0.2) is 65.1 Å². The molecule has 0 unspecified atom stereocenters. The normalized spacial score (nSPS) is 12.0. The Morgan fingerprint density at radius 2 is 1.86 bits per heavy atom. The van der Waals surface area contributed by atoms with Gasteiger partial charge < -0.3 is 19.7 Å². The first-order valence-corrected chi connectivity index (χ1v) is 12.0. The molecule has 0 aliphatic rings. The lowest BCUT2D eigenvalue weighted by molar-refractivity contribution is -0.141. The number of fused-ring (bicyclic) bond motifs is 1. The van der Waals surface area contributed by atoms with Crippen LogP contribution in [0.5, 0.6) is 5.75 Å². The highest BCUT2D eigenvalue weighted by Gasteiger charge is 2.32. The summed E-state index contributed by atoms with van der Waals surface area (Å²) in [4.78, 5) is 28.7. The van der Waals surface area contributed by atoms with Crippen molar-refractivity contribution in [2.45, 2.75) is 39.8 Å². The van der Waals surface area contributed by atoms with Gasteiger partial charge in [0.1, 0.15) is 23.9 Å². The summed E-state index contributed by atoms with van der Waals surface area (Å²) in [5.41, 5.74) is 2.20. The number of aromatic nitrogens is 3. The highest BCUT2D eigenvalue weighted by Crippen LogP contribution is 2.26. The van der Waals surface area contributed by atoms with Crippen LogP contribution in [0.15, 0.2) is 48.5 Å². The number of hydrogen-bond acceptors (Lipinski definition) is 6. The number of amides is 2. The summed E-state index contributed by atoms with van der Waals surface area (Å²) in [5.74, 6) is 0.604. The van der Waals surface area contributed by atoms with E-state index in [-0.39, 0.29) is 18.4 Å². The molecule has 188 valence electrons. The van der Waals surface area contributed by atoms with Crippen LogP contribution in [-0.2, 0) is 20.9 Å². The molecule has 9 heteroatoms. The van der Waals surface area contributed by atoms with Crippen LogP contribution >= 0.6 is 0 Å². The topological polar surface area (TPSA) is 98.6 Å². The van der Waals surface area contributed by atoms with Gasteiger partial charge in [0.15, 0.2) is 0 Å². The molecule has 1 heterocycles. The van der Waals surface area contributed by atoms with E-state index in [1.807, 2.05) is 55.5 Å². The molecule has 2 aromatic carbocycles. The number of benzene rings is 2. The molecule has 2 amide bonds. The molecule has 0 aliphatic heterocycles. The van der Waals surface area contributed by atoms with E-state index < -0.39 is 6.04 Å². The predicted octanol–water partition coefficient (Wildman–Crippen LogP) is 3.21. The van der Waals surface area contributed by atoms with E-state index in [0.29, 0.717) is 43.5 Å². The minimum atomic E-state index is -0.802. The molecule has 0 radical (unpaired) electrons. The van der Waals surface area contributed by atoms with E-state index in [1.54, 1.807) is 16.7 Å². The average Bonchev–Trinajstić information content (AvgIpc) is 3.25. The minimum Gasteiger partial charge on any atom is -0.494 e. The van der Waals surface area contributed by atoms with Crippen molar-refractivity contribution in [2.75, 3.05) is 33.4 Å². The molecule has 9 nitrogen and oxygen atoms in total. The second-order valence-corrected chi connectivity index (χ2v) is 8.69. The van der Waals surface area contributed by atoms with Crippen LogP contribution in [0, 0.1) is 5.92 Å². The number of methoxy groups -OCH3 is 1. The van der Waals surface area contributed by atoms with Gasteiger partial charge >= 0.3 is 0 Å². The van der Waals surface area contributed by atoms with E-state index in [9.17, 15) is 9.59 Å². The number of para-hydroxylation sites is 1. The zero-order valence-corrected chi connectivity index (χ0v) is 20.9. The first kappa shape index (κ1) is 26.2. The second-order valence-electron chi connectivity index (χ2n) is 8.69. The number of carbonyl (C=O) groups is 2. The molecule has 0 bridgehead atoms. The maximum atomic E-state index is 13.7. The number of ether oxygens (including phenoxy) is 2. The highest BCUT2D eigenvalue weighted by atomic mass is 16.5. The van der Waals surface area contributed by atoms with Gasteiger partial charge in [-0.2, -0.15) is 0 Å². The van der Waals surface area contributed by atoms with Crippen molar-refractivity contribution in [1.82, 2.24) is 25.2 Å². The third kappa shape index (κ3) is 7.02. The van der Waals surface area contributed by atoms with E-state index in [4.69, 9.17) is 9.47 Å². The van der Waals surface area contributed by atoms with Crippen molar-refractivity contribution in [3.63, 3.8) is 0 Å². The number of rotatable bonds is 13. The maximum Gasteiger partial charge on any atom is 0.247 e. The summed E-state index contributed by atoms with van der Waals surface area (Å²) in [6, 6.07) is 14.0. The fourth-order valence-corrected chi connectivity index (χ4v) is 3.81. The summed E-state index contributed by atoms with van der Waals surface area (Å²) >= 11 is 0. The zero-order valence-electron chi connectivity index (χ0n) is 20.9. The molecular formula is C26H35N5O4. The van der Waals surface area contributed by atoms with Gasteiger partial charge in [0.2, 0.25) is 11.8 Å². The van der Waals surface area contributed by atoms with Crippen molar-refractivity contribution in [2.24, 2.45) is 5.92 Å². The van der Waals surface area contributed by atoms with Gasteiger partial charge in [0.05, 0.1) is 18.7 Å². The average molecular weight is 482 g/mol. The summed E-state index contributed by atoms with van der Waals surface area (Å²) in [7, 11) is 1.58. The van der Waals surface area contributed by atoms with E-state index in [0.717, 1.165) is 17.5 Å². The monoisotopic (exact) mass is 481 g/mol. The summed E-state index contributed by atoms with van der Waals surface area (Å²) < 4.78 is 12.2. The molecule has 0 aliphatic carbocycles. The molecule has 1 N–H and O–H groups in total. The second kappa shape index (κ2) is 12.9. The first-order chi connectivity index (χ1) is 16.9. The third-order valence-electron chi connectivity index (χ3n) is 5.65. The number of carbonyl (C=O) groups excluding carboxylic acids is 2. The summed E-state index contributed by atoms with van der Waals surface area (Å²) in [6.07, 6.45) is 0.753. The standard InChI is InChI=1S/C26H35N5O4/c1-5-35-21-12-10-20(11-13-21)25(26(33)27-15-17-34-4)30(16-14-19(2)3)24(32)18-31-23-9-7-6-8-22(23)28-29-31/h6-13,19,25H,5,14-18H2,1-4H3,(H,27,33)/t25-/m0/s1. The van der Waals surface area contributed by atoms with Crippen molar-refractivity contribution < 1.29 is 19.1 Å². The predicted molar refractivity (Wildman–Crippen MR) is 134 cm³/mol. The Morgan fingerprint density at radius 1 is 1.11 bits per heavy atom. The Bertz CT molecular complexity index is 1100. The van der Waals surface area contributed by atoms with E-state index in [2.05, 4.69) is 29.5 Å². The van der Waals surface area contributed by atoms with Gasteiger partial charge in [0.25, 0.3) is 0 Å². The fourth-order valence-electron chi connectivity index (χ4n) is 3.81. The smallest absolute Gasteiger partial charge is 0.247 e. The largest absolute Gasteiger partial charge is 0.494 e. The van der Waals surface area contributed by atoms with Gasteiger partial charge in [0, 0.05) is 20.2 Å². The number of nitrogens with one attached hydrogen (secondary N) is 1. The Kier molecular flexibility index (Phi) is 9.60. The van der Waals surface area contributed by atoms with Crippen molar-refractivity contribution in [3.8, 4) is 5.75 Å². The molecule has 0 spiro atoms. The molecule has 3 aromatic rings. The molecule has 1 aromatic heterocycles. The lowest BCUT2D eigenvalue weighted by atomic mass is 10.0. The van der Waals surface area contributed by atoms with Crippen LogP contribution in [0.2, 0.25) is 0 Å². The first-order valence-electron chi connectivity index (χ1n) is 12.0. The Balaban J connectivity index is 1.94. The molecule has 1 atom stereocenters. The van der Waals surface area contributed by atoms with Crippen LogP contribution in [0.1, 0.15) is 38.8 Å². The van der Waals surface area contributed by atoms with Gasteiger partial charge in [-0.05, 0) is 49.1 Å². The van der Waals surface area contributed by atoms with Crippen LogP contribution in [0.4, 0.5) is 0 Å². The lowest BCUT2D eigenvalue weighted by Gasteiger charge is -2.32. The van der Waals surface area contributed by atoms with Crippen LogP contribution in [0.25, 0.3) is 11.0 Å². The third-order valence-corrected chi connectivity index (χ3v) is 5.65. The quantitative estimate of drug-likeness (QED) is 0.377.